The summed E-state index contributed by atoms with van der Waals surface area (Å²) < 4.78 is 6.02. The molecular weight excluding hydrogens is 278 g/mol. The van der Waals surface area contributed by atoms with E-state index in [9.17, 15) is 9.90 Å². The summed E-state index contributed by atoms with van der Waals surface area (Å²) in [5.41, 5.74) is -0.802. The fourth-order valence-corrected chi connectivity index (χ4v) is 4.33. The molecule has 0 aromatic carbocycles. The highest BCUT2D eigenvalue weighted by Crippen LogP contribution is 2.40. The van der Waals surface area contributed by atoms with Crippen molar-refractivity contribution in [3.8, 4) is 0 Å². The number of carbonyl (C=O) groups excluding carboxylic acids is 1. The smallest absolute Gasteiger partial charge is 0.223 e. The Hall–Kier alpha value is -0.610. The van der Waals surface area contributed by atoms with Crippen LogP contribution in [-0.2, 0) is 9.53 Å². The van der Waals surface area contributed by atoms with Gasteiger partial charge in [0.25, 0.3) is 0 Å². The van der Waals surface area contributed by atoms with Gasteiger partial charge in [-0.1, -0.05) is 39.5 Å². The van der Waals surface area contributed by atoms with Gasteiger partial charge in [0.2, 0.25) is 5.91 Å². The molecule has 1 unspecified atom stereocenters. The highest BCUT2D eigenvalue weighted by molar-refractivity contribution is 5.77. The van der Waals surface area contributed by atoms with Gasteiger partial charge >= 0.3 is 0 Å². The highest BCUT2D eigenvalue weighted by Gasteiger charge is 2.40. The van der Waals surface area contributed by atoms with E-state index in [0.29, 0.717) is 12.8 Å². The zero-order valence-corrected chi connectivity index (χ0v) is 14.3. The van der Waals surface area contributed by atoms with E-state index in [4.69, 9.17) is 4.74 Å². The van der Waals surface area contributed by atoms with Crippen LogP contribution in [-0.4, -0.2) is 34.9 Å². The quantitative estimate of drug-likeness (QED) is 0.758. The molecule has 22 heavy (non-hydrogen) atoms. The molecule has 128 valence electrons. The van der Waals surface area contributed by atoms with Crippen LogP contribution in [0.3, 0.4) is 0 Å². The van der Waals surface area contributed by atoms with E-state index in [1.165, 1.54) is 12.8 Å². The van der Waals surface area contributed by atoms with Gasteiger partial charge in [-0.25, -0.2) is 0 Å². The Morgan fingerprint density at radius 2 is 1.91 bits per heavy atom. The summed E-state index contributed by atoms with van der Waals surface area (Å²) in [6.45, 7) is 4.86. The van der Waals surface area contributed by atoms with E-state index < -0.39 is 5.60 Å². The third-order valence-electron chi connectivity index (χ3n) is 5.29. The first-order chi connectivity index (χ1) is 10.5. The molecule has 1 amide bonds. The van der Waals surface area contributed by atoms with Gasteiger partial charge in [-0.3, -0.25) is 4.79 Å². The minimum Gasteiger partial charge on any atom is -0.389 e. The maximum absolute atomic E-state index is 12.4. The van der Waals surface area contributed by atoms with Crippen LogP contribution in [0.2, 0.25) is 0 Å². The Balaban J connectivity index is 1.85. The Morgan fingerprint density at radius 1 is 1.27 bits per heavy atom. The van der Waals surface area contributed by atoms with E-state index in [2.05, 4.69) is 19.2 Å². The Labute approximate surface area is 135 Å². The van der Waals surface area contributed by atoms with Crippen LogP contribution in [0.4, 0.5) is 0 Å². The van der Waals surface area contributed by atoms with Crippen molar-refractivity contribution < 1.29 is 14.6 Å². The second-order valence-electron chi connectivity index (χ2n) is 7.40. The number of aliphatic hydroxyl groups is 1. The van der Waals surface area contributed by atoms with Gasteiger partial charge in [0.05, 0.1) is 17.6 Å². The number of ether oxygens (including phenoxy) is 1. The lowest BCUT2D eigenvalue weighted by Gasteiger charge is -2.39. The van der Waals surface area contributed by atoms with Crippen LogP contribution in [0.15, 0.2) is 0 Å². The van der Waals surface area contributed by atoms with Crippen LogP contribution in [0.25, 0.3) is 0 Å². The molecule has 4 heteroatoms. The van der Waals surface area contributed by atoms with Crippen molar-refractivity contribution in [2.24, 2.45) is 0 Å². The second kappa shape index (κ2) is 7.78. The van der Waals surface area contributed by atoms with Crippen LogP contribution in [0.5, 0.6) is 0 Å². The lowest BCUT2D eigenvalue weighted by molar-refractivity contribution is -0.130. The molecule has 1 aliphatic carbocycles. The summed E-state index contributed by atoms with van der Waals surface area (Å²) >= 11 is 0. The molecule has 2 N–H and O–H groups in total. The van der Waals surface area contributed by atoms with Crippen molar-refractivity contribution in [1.82, 2.24) is 5.32 Å². The maximum atomic E-state index is 12.4. The first kappa shape index (κ1) is 17.7. The molecule has 2 aliphatic rings. The number of rotatable bonds is 7. The van der Waals surface area contributed by atoms with Gasteiger partial charge in [0, 0.05) is 12.6 Å². The number of hydrogen-bond donors (Lipinski definition) is 2. The molecule has 0 bridgehead atoms. The van der Waals surface area contributed by atoms with E-state index in [1.54, 1.807) is 0 Å². The molecule has 1 saturated heterocycles. The monoisotopic (exact) mass is 311 g/mol. The summed E-state index contributed by atoms with van der Waals surface area (Å²) in [7, 11) is 0. The number of hydrogen-bond acceptors (Lipinski definition) is 3. The fraction of sp³-hybridized carbons (Fsp3) is 0.944. The maximum Gasteiger partial charge on any atom is 0.223 e. The summed E-state index contributed by atoms with van der Waals surface area (Å²) in [5, 5.41) is 13.8. The second-order valence-corrected chi connectivity index (χ2v) is 7.40. The standard InChI is InChI=1S/C18H33NO3/c1-3-8-17(21,9-4-2)14-16(20)19-15-7-12-22-18(13-15)10-5-6-11-18/h15,21H,3-14H2,1-2H3,(H,19,20). The van der Waals surface area contributed by atoms with Crippen LogP contribution in [0, 0.1) is 0 Å². The highest BCUT2D eigenvalue weighted by atomic mass is 16.5. The Bertz CT molecular complexity index is 357. The molecule has 2 rings (SSSR count). The Morgan fingerprint density at radius 3 is 2.50 bits per heavy atom. The zero-order valence-electron chi connectivity index (χ0n) is 14.3. The number of nitrogens with one attached hydrogen (secondary N) is 1. The molecule has 0 radical (unpaired) electrons. The van der Waals surface area contributed by atoms with E-state index in [-0.39, 0.29) is 24.0 Å². The van der Waals surface area contributed by atoms with E-state index >= 15 is 0 Å². The van der Waals surface area contributed by atoms with E-state index in [0.717, 1.165) is 45.1 Å². The number of amides is 1. The van der Waals surface area contributed by atoms with Crippen molar-refractivity contribution in [3.05, 3.63) is 0 Å². The Kier molecular flexibility index (Phi) is 6.27. The summed E-state index contributed by atoms with van der Waals surface area (Å²) in [5.74, 6) is 0.00412. The topological polar surface area (TPSA) is 58.6 Å². The first-order valence-corrected chi connectivity index (χ1v) is 9.16. The lowest BCUT2D eigenvalue weighted by Crippen LogP contribution is -2.48. The van der Waals surface area contributed by atoms with Gasteiger partial charge in [-0.15, -0.1) is 0 Å². The summed E-state index contributed by atoms with van der Waals surface area (Å²) in [6.07, 6.45) is 10.0. The fourth-order valence-electron chi connectivity index (χ4n) is 4.33. The zero-order chi connectivity index (χ0) is 16.1. The predicted molar refractivity (Wildman–Crippen MR) is 87.7 cm³/mol. The van der Waals surface area contributed by atoms with Crippen molar-refractivity contribution in [3.63, 3.8) is 0 Å². The van der Waals surface area contributed by atoms with E-state index in [1.807, 2.05) is 0 Å². The van der Waals surface area contributed by atoms with Gasteiger partial charge in [-0.05, 0) is 38.5 Å². The van der Waals surface area contributed by atoms with Gasteiger partial charge < -0.3 is 15.2 Å². The normalized spacial score (nSPS) is 24.6. The molecule has 0 aromatic heterocycles. The minimum absolute atomic E-state index is 0.00412. The molecule has 1 aliphatic heterocycles. The molecule has 1 atom stereocenters. The largest absolute Gasteiger partial charge is 0.389 e. The average molecular weight is 311 g/mol. The average Bonchev–Trinajstić information content (AvgIpc) is 2.86. The van der Waals surface area contributed by atoms with Gasteiger partial charge in [-0.2, -0.15) is 0 Å². The SMILES string of the molecule is CCCC(O)(CCC)CC(=O)NC1CCOC2(CCCC2)C1. The number of carbonyl (C=O) groups is 1. The molecule has 2 fully saturated rings. The van der Waals surface area contributed by atoms with Crippen molar-refractivity contribution in [1.29, 1.82) is 0 Å². The first-order valence-electron chi connectivity index (χ1n) is 9.16. The molecule has 0 aromatic rings. The van der Waals surface area contributed by atoms with Crippen LogP contribution < -0.4 is 5.32 Å². The lowest BCUT2D eigenvalue weighted by atomic mass is 9.87. The molecule has 1 spiro atoms. The van der Waals surface area contributed by atoms with Gasteiger partial charge in [0.15, 0.2) is 0 Å². The van der Waals surface area contributed by atoms with Crippen LogP contribution in [0.1, 0.15) is 84.5 Å². The minimum atomic E-state index is -0.830. The summed E-state index contributed by atoms with van der Waals surface area (Å²) in [6, 6.07) is 0.215. The summed E-state index contributed by atoms with van der Waals surface area (Å²) in [4.78, 5) is 12.4. The third kappa shape index (κ3) is 4.69. The van der Waals surface area contributed by atoms with Crippen LogP contribution >= 0.6 is 0 Å². The molecule has 4 nitrogen and oxygen atoms in total. The molecule has 1 heterocycles. The predicted octanol–water partition coefficient (Wildman–Crippen LogP) is 3.32. The molecular formula is C18H33NO3. The van der Waals surface area contributed by atoms with Crippen molar-refractivity contribution >= 4 is 5.91 Å². The van der Waals surface area contributed by atoms with Gasteiger partial charge in [0.1, 0.15) is 0 Å². The van der Waals surface area contributed by atoms with Crippen molar-refractivity contribution in [2.45, 2.75) is 102 Å². The van der Waals surface area contributed by atoms with Crippen molar-refractivity contribution in [2.75, 3.05) is 6.61 Å². The molecule has 1 saturated carbocycles. The third-order valence-corrected chi connectivity index (χ3v) is 5.29.